The molecule has 1 atom stereocenters. The molecule has 4 nitrogen and oxygen atoms in total. The number of hydrogen-bond donors (Lipinski definition) is 2. The second kappa shape index (κ2) is 7.58. The molecule has 2 aromatic rings. The highest BCUT2D eigenvalue weighted by molar-refractivity contribution is 5.47. The molecule has 26 heavy (non-hydrogen) atoms. The molecule has 1 unspecified atom stereocenters. The summed E-state index contributed by atoms with van der Waals surface area (Å²) in [6.45, 7) is -0.499. The molecular formula is C20H19F2NO3. The van der Waals surface area contributed by atoms with Crippen LogP contribution in [0.4, 0.5) is 8.78 Å². The van der Waals surface area contributed by atoms with Crippen molar-refractivity contribution >= 4 is 0 Å². The summed E-state index contributed by atoms with van der Waals surface area (Å²) in [5.74, 6) is -3.32. The van der Waals surface area contributed by atoms with Gasteiger partial charge in [-0.25, -0.2) is 4.39 Å². The SMILES string of the molecule is COc1ccccc1C1(F)NC(F)=C(OCc2ccccc2)C=C1CO. The van der Waals surface area contributed by atoms with Gasteiger partial charge in [0.15, 0.2) is 5.76 Å². The summed E-state index contributed by atoms with van der Waals surface area (Å²) in [5, 5.41) is 11.8. The molecule has 0 spiro atoms. The Kier molecular flexibility index (Phi) is 5.23. The van der Waals surface area contributed by atoms with Crippen LogP contribution in [-0.4, -0.2) is 18.8 Å². The van der Waals surface area contributed by atoms with Crippen LogP contribution in [0.15, 0.2) is 78.0 Å². The lowest BCUT2D eigenvalue weighted by atomic mass is 9.93. The third-order valence-corrected chi connectivity index (χ3v) is 4.13. The van der Waals surface area contributed by atoms with Crippen molar-refractivity contribution < 1.29 is 23.4 Å². The summed E-state index contributed by atoms with van der Waals surface area (Å²) in [6, 6.07) is 15.5. The first kappa shape index (κ1) is 17.9. The van der Waals surface area contributed by atoms with E-state index in [1.165, 1.54) is 19.3 Å². The summed E-state index contributed by atoms with van der Waals surface area (Å²) in [5.41, 5.74) is 0.833. The Hall–Kier alpha value is -2.86. The number of nitrogens with one attached hydrogen (secondary N) is 1. The lowest BCUT2D eigenvalue weighted by Crippen LogP contribution is -2.42. The fourth-order valence-electron chi connectivity index (χ4n) is 2.78. The van der Waals surface area contributed by atoms with Crippen molar-refractivity contribution in [3.05, 3.63) is 89.1 Å². The van der Waals surface area contributed by atoms with Gasteiger partial charge in [0.2, 0.25) is 11.7 Å². The maximum Gasteiger partial charge on any atom is 0.236 e. The number of allylic oxidation sites excluding steroid dienone is 1. The van der Waals surface area contributed by atoms with Gasteiger partial charge in [0.05, 0.1) is 19.3 Å². The lowest BCUT2D eigenvalue weighted by Gasteiger charge is -2.33. The number of ether oxygens (including phenoxy) is 2. The summed E-state index contributed by atoms with van der Waals surface area (Å²) in [7, 11) is 1.40. The minimum Gasteiger partial charge on any atom is -0.496 e. The average molecular weight is 359 g/mol. The number of benzene rings is 2. The molecule has 0 radical (unpaired) electrons. The van der Waals surface area contributed by atoms with Crippen LogP contribution in [-0.2, 0) is 17.1 Å². The number of methoxy groups -OCH3 is 1. The summed E-state index contributed by atoms with van der Waals surface area (Å²) in [4.78, 5) is 0. The summed E-state index contributed by atoms with van der Waals surface area (Å²) < 4.78 is 40.8. The molecule has 0 amide bonds. The smallest absolute Gasteiger partial charge is 0.236 e. The Labute approximate surface area is 150 Å². The van der Waals surface area contributed by atoms with E-state index in [1.807, 2.05) is 30.3 Å². The van der Waals surface area contributed by atoms with Crippen LogP contribution < -0.4 is 10.1 Å². The van der Waals surface area contributed by atoms with Gasteiger partial charge in [-0.15, -0.1) is 0 Å². The zero-order valence-corrected chi connectivity index (χ0v) is 14.2. The van der Waals surface area contributed by atoms with Crippen molar-refractivity contribution in [1.29, 1.82) is 0 Å². The van der Waals surface area contributed by atoms with Crippen LogP contribution in [0, 0.1) is 0 Å². The van der Waals surface area contributed by atoms with Gasteiger partial charge in [0, 0.05) is 5.57 Å². The topological polar surface area (TPSA) is 50.7 Å². The molecule has 136 valence electrons. The molecule has 1 heterocycles. The largest absolute Gasteiger partial charge is 0.496 e. The van der Waals surface area contributed by atoms with E-state index in [0.29, 0.717) is 0 Å². The Bertz CT molecular complexity index is 836. The molecule has 1 aliphatic heterocycles. The quantitative estimate of drug-likeness (QED) is 0.773. The molecule has 3 rings (SSSR count). The number of aliphatic hydroxyl groups is 1. The lowest BCUT2D eigenvalue weighted by molar-refractivity contribution is 0.113. The Morgan fingerprint density at radius 3 is 2.46 bits per heavy atom. The van der Waals surface area contributed by atoms with E-state index in [9.17, 15) is 9.50 Å². The third kappa shape index (κ3) is 3.41. The number of para-hydroxylation sites is 1. The van der Waals surface area contributed by atoms with Crippen LogP contribution in [0.2, 0.25) is 0 Å². The van der Waals surface area contributed by atoms with Crippen LogP contribution in [0.25, 0.3) is 0 Å². The van der Waals surface area contributed by atoms with Crippen molar-refractivity contribution in [2.24, 2.45) is 0 Å². The highest BCUT2D eigenvalue weighted by Gasteiger charge is 2.42. The molecule has 1 aliphatic rings. The van der Waals surface area contributed by atoms with Crippen molar-refractivity contribution in [3.63, 3.8) is 0 Å². The van der Waals surface area contributed by atoms with E-state index >= 15 is 4.39 Å². The van der Waals surface area contributed by atoms with E-state index < -0.39 is 18.4 Å². The second-order valence-electron chi connectivity index (χ2n) is 5.76. The Morgan fingerprint density at radius 1 is 1.08 bits per heavy atom. The van der Waals surface area contributed by atoms with E-state index in [4.69, 9.17) is 9.47 Å². The van der Waals surface area contributed by atoms with Crippen LogP contribution in [0.1, 0.15) is 11.1 Å². The molecule has 2 aromatic carbocycles. The number of rotatable bonds is 6. The first-order valence-corrected chi connectivity index (χ1v) is 8.07. The maximum absolute atomic E-state index is 15.7. The summed E-state index contributed by atoms with van der Waals surface area (Å²) >= 11 is 0. The Morgan fingerprint density at radius 2 is 1.77 bits per heavy atom. The average Bonchev–Trinajstić information content (AvgIpc) is 2.68. The fraction of sp³-hybridized carbons (Fsp3) is 0.200. The number of aliphatic hydroxyl groups excluding tert-OH is 1. The first-order chi connectivity index (χ1) is 12.6. The first-order valence-electron chi connectivity index (χ1n) is 8.07. The molecule has 0 aliphatic carbocycles. The number of halogens is 2. The fourth-order valence-corrected chi connectivity index (χ4v) is 2.78. The van der Waals surface area contributed by atoms with Gasteiger partial charge in [-0.1, -0.05) is 42.5 Å². The molecule has 0 fully saturated rings. The van der Waals surface area contributed by atoms with E-state index in [-0.39, 0.29) is 29.3 Å². The van der Waals surface area contributed by atoms with Crippen LogP contribution in [0.3, 0.4) is 0 Å². The predicted molar refractivity (Wildman–Crippen MR) is 93.4 cm³/mol. The molecule has 0 saturated carbocycles. The molecule has 2 N–H and O–H groups in total. The minimum atomic E-state index is -2.44. The van der Waals surface area contributed by atoms with Crippen LogP contribution >= 0.6 is 0 Å². The van der Waals surface area contributed by atoms with Crippen LogP contribution in [0.5, 0.6) is 5.75 Å². The molecular weight excluding hydrogens is 340 g/mol. The second-order valence-corrected chi connectivity index (χ2v) is 5.76. The van der Waals surface area contributed by atoms with E-state index in [2.05, 4.69) is 5.32 Å². The molecule has 0 saturated heterocycles. The van der Waals surface area contributed by atoms with Gasteiger partial charge in [0.1, 0.15) is 12.4 Å². The third-order valence-electron chi connectivity index (χ3n) is 4.13. The zero-order valence-electron chi connectivity index (χ0n) is 14.2. The highest BCUT2D eigenvalue weighted by Crippen LogP contribution is 2.41. The molecule has 0 bridgehead atoms. The normalized spacial score (nSPS) is 19.6. The maximum atomic E-state index is 15.7. The summed E-state index contributed by atoms with van der Waals surface area (Å²) in [6.07, 6.45) is 1.18. The van der Waals surface area contributed by atoms with Crippen molar-refractivity contribution in [3.8, 4) is 5.75 Å². The van der Waals surface area contributed by atoms with Crippen molar-refractivity contribution in [2.45, 2.75) is 12.4 Å². The monoisotopic (exact) mass is 359 g/mol. The van der Waals surface area contributed by atoms with Crippen molar-refractivity contribution in [2.75, 3.05) is 13.7 Å². The number of alkyl halides is 1. The zero-order chi connectivity index (χ0) is 18.6. The van der Waals surface area contributed by atoms with Gasteiger partial charge >= 0.3 is 0 Å². The van der Waals surface area contributed by atoms with Gasteiger partial charge in [0.25, 0.3) is 0 Å². The molecule has 0 aromatic heterocycles. The van der Waals surface area contributed by atoms with Gasteiger partial charge in [-0.05, 0) is 23.8 Å². The van der Waals surface area contributed by atoms with E-state index in [1.54, 1.807) is 18.2 Å². The van der Waals surface area contributed by atoms with Gasteiger partial charge in [-0.2, -0.15) is 4.39 Å². The molecule has 6 heteroatoms. The minimum absolute atomic E-state index is 0.0695. The van der Waals surface area contributed by atoms with E-state index in [0.717, 1.165) is 5.56 Å². The van der Waals surface area contributed by atoms with Gasteiger partial charge < -0.3 is 19.9 Å². The Balaban J connectivity index is 1.89. The van der Waals surface area contributed by atoms with Gasteiger partial charge in [-0.3, -0.25) is 0 Å². The predicted octanol–water partition coefficient (Wildman–Crippen LogP) is 3.69. The standard InChI is InChI=1S/C20H19F2NO3/c1-25-17-10-6-5-9-16(17)20(22)15(12-24)11-18(19(21)23-20)26-13-14-7-3-2-4-8-14/h2-11,23-24H,12-13H2,1H3. The number of hydrogen-bond acceptors (Lipinski definition) is 4. The van der Waals surface area contributed by atoms with Crippen molar-refractivity contribution in [1.82, 2.24) is 5.32 Å². The highest BCUT2D eigenvalue weighted by atomic mass is 19.2. The number of dihydropyridines is 1.